The molecule has 3 unspecified atom stereocenters. The summed E-state index contributed by atoms with van der Waals surface area (Å²) in [4.78, 5) is 25.2. The second-order valence-corrected chi connectivity index (χ2v) is 9.23. The number of esters is 2. The highest BCUT2D eigenvalue weighted by atomic mass is 35.5. The largest absolute Gasteiger partial charge is 1.00 e. The third-order valence-electron chi connectivity index (χ3n) is 5.88. The summed E-state index contributed by atoms with van der Waals surface area (Å²) < 4.78 is 9.88. The van der Waals surface area contributed by atoms with Crippen LogP contribution in [0.3, 0.4) is 0 Å². The third-order valence-corrected chi connectivity index (χ3v) is 5.88. The van der Waals surface area contributed by atoms with E-state index in [4.69, 9.17) is 9.84 Å². The fraction of sp³-hybridized carbons (Fsp3) is 0.920. The molecule has 6 N–H and O–H groups in total. The zero-order valence-electron chi connectivity index (χ0n) is 22.0. The van der Waals surface area contributed by atoms with Gasteiger partial charge in [-0.25, -0.2) is 4.79 Å². The van der Waals surface area contributed by atoms with Crippen LogP contribution in [0.5, 0.6) is 0 Å². The van der Waals surface area contributed by atoms with Gasteiger partial charge in [0.25, 0.3) is 0 Å². The van der Waals surface area contributed by atoms with E-state index in [1.54, 1.807) is 0 Å². The van der Waals surface area contributed by atoms with Crippen molar-refractivity contribution in [1.29, 1.82) is 0 Å². The number of rotatable bonds is 23. The molecule has 0 heterocycles. The quantitative estimate of drug-likeness (QED) is 0.0922. The van der Waals surface area contributed by atoms with Gasteiger partial charge in [-0.15, -0.1) is 0 Å². The van der Waals surface area contributed by atoms with E-state index in [0.717, 1.165) is 32.1 Å². The van der Waals surface area contributed by atoms with Gasteiger partial charge in [0, 0.05) is 25.9 Å². The molecule has 0 spiro atoms. The number of aliphatic hydroxyl groups is 3. The average Bonchev–Trinajstić information content (AvgIpc) is 2.83. The number of carbonyl (C=O) groups excluding carboxylic acids is 2. The van der Waals surface area contributed by atoms with Crippen molar-refractivity contribution in [1.82, 2.24) is 4.90 Å². The minimum atomic E-state index is -0.919. The lowest BCUT2D eigenvalue weighted by Gasteiger charge is -2.26. The molecule has 0 aromatic carbocycles. The number of ether oxygens (including phenoxy) is 2. The lowest BCUT2D eigenvalue weighted by Crippen LogP contribution is -3.00. The summed E-state index contributed by atoms with van der Waals surface area (Å²) in [5.74, 6) is -0.638. The van der Waals surface area contributed by atoms with E-state index in [-0.39, 0.29) is 50.6 Å². The van der Waals surface area contributed by atoms with E-state index in [1.165, 1.54) is 45.6 Å². The van der Waals surface area contributed by atoms with Crippen molar-refractivity contribution in [3.05, 3.63) is 0 Å². The van der Waals surface area contributed by atoms with Crippen LogP contribution in [0.4, 0.5) is 0 Å². The molecule has 3 atom stereocenters. The van der Waals surface area contributed by atoms with Gasteiger partial charge in [-0.05, 0) is 25.8 Å². The molecule has 0 aromatic heterocycles. The van der Waals surface area contributed by atoms with E-state index >= 15 is 0 Å². The number of carbonyl (C=O) groups is 2. The maximum atomic E-state index is 12.0. The van der Waals surface area contributed by atoms with Gasteiger partial charge in [-0.3, -0.25) is 9.69 Å². The summed E-state index contributed by atoms with van der Waals surface area (Å²) in [6, 6.07) is -0.419. The molecule has 0 amide bonds. The number of unbranched alkanes of at least 4 members (excludes halogenated alkanes) is 9. The van der Waals surface area contributed by atoms with Crippen molar-refractivity contribution in [2.45, 2.75) is 109 Å². The Morgan fingerprint density at radius 1 is 0.886 bits per heavy atom. The first-order chi connectivity index (χ1) is 16.3. The normalized spacial score (nSPS) is 13.7. The number of quaternary nitrogens is 1. The van der Waals surface area contributed by atoms with Crippen molar-refractivity contribution in [3.63, 3.8) is 0 Å². The zero-order valence-corrected chi connectivity index (χ0v) is 22.7. The summed E-state index contributed by atoms with van der Waals surface area (Å²) in [6.07, 6.45) is 11.2. The van der Waals surface area contributed by atoms with Crippen molar-refractivity contribution >= 4 is 11.9 Å². The predicted octanol–water partition coefficient (Wildman–Crippen LogP) is -1.58. The first kappa shape index (κ1) is 36.2. The third kappa shape index (κ3) is 22.0. The van der Waals surface area contributed by atoms with Crippen LogP contribution >= 0.6 is 0 Å². The Balaban J connectivity index is 0. The van der Waals surface area contributed by atoms with Gasteiger partial charge in [0.05, 0.1) is 19.8 Å². The molecule has 35 heavy (non-hydrogen) atoms. The highest BCUT2D eigenvalue weighted by Crippen LogP contribution is 2.11. The number of aliphatic hydroxyl groups excluding tert-OH is 3. The molecule has 210 valence electrons. The molecule has 10 heteroatoms. The average molecular weight is 527 g/mol. The molecule has 0 rings (SSSR count). The lowest BCUT2D eigenvalue weighted by atomic mass is 10.1. The number of halogens is 1. The van der Waals surface area contributed by atoms with Gasteiger partial charge in [0.2, 0.25) is 0 Å². The van der Waals surface area contributed by atoms with Crippen molar-refractivity contribution in [2.24, 2.45) is 0 Å². The van der Waals surface area contributed by atoms with Gasteiger partial charge < -0.3 is 42.9 Å². The van der Waals surface area contributed by atoms with Crippen LogP contribution < -0.4 is 18.1 Å². The fourth-order valence-electron chi connectivity index (χ4n) is 3.82. The van der Waals surface area contributed by atoms with Crippen molar-refractivity contribution < 1.29 is 52.5 Å². The second-order valence-electron chi connectivity index (χ2n) is 9.23. The van der Waals surface area contributed by atoms with Crippen LogP contribution in [0.1, 0.15) is 90.4 Å². The molecule has 0 saturated heterocycles. The molecule has 0 radical (unpaired) electrons. The topological polar surface area (TPSA) is 144 Å². The number of hydrogen-bond acceptors (Lipinski definition) is 8. The van der Waals surface area contributed by atoms with Gasteiger partial charge in [-0.2, -0.15) is 0 Å². The maximum absolute atomic E-state index is 12.0. The summed E-state index contributed by atoms with van der Waals surface area (Å²) in [5, 5.41) is 29.2. The molecule has 0 saturated carbocycles. The van der Waals surface area contributed by atoms with Gasteiger partial charge in [0.1, 0.15) is 12.7 Å². The van der Waals surface area contributed by atoms with E-state index in [1.807, 2.05) is 4.90 Å². The van der Waals surface area contributed by atoms with Crippen LogP contribution in [-0.4, -0.2) is 90.4 Å². The Kier molecular flexibility index (Phi) is 25.6. The first-order valence-corrected chi connectivity index (χ1v) is 13.1. The van der Waals surface area contributed by atoms with Crippen LogP contribution in [0.25, 0.3) is 0 Å². The van der Waals surface area contributed by atoms with Crippen molar-refractivity contribution in [3.8, 4) is 0 Å². The van der Waals surface area contributed by atoms with E-state index in [9.17, 15) is 19.8 Å². The fourth-order valence-corrected chi connectivity index (χ4v) is 3.82. The molecule has 0 aliphatic carbocycles. The Morgan fingerprint density at radius 2 is 1.46 bits per heavy atom. The summed E-state index contributed by atoms with van der Waals surface area (Å²) in [7, 11) is 1.34. The Labute approximate surface area is 218 Å². The van der Waals surface area contributed by atoms with Crippen LogP contribution in [0, 0.1) is 0 Å². The van der Waals surface area contributed by atoms with Gasteiger partial charge in [0.15, 0.2) is 6.04 Å². The first-order valence-electron chi connectivity index (χ1n) is 13.1. The smallest absolute Gasteiger partial charge is 0.364 e. The summed E-state index contributed by atoms with van der Waals surface area (Å²) in [5.41, 5.74) is 3.78. The van der Waals surface area contributed by atoms with Gasteiger partial charge >= 0.3 is 11.9 Å². The highest BCUT2D eigenvalue weighted by molar-refractivity contribution is 5.73. The van der Waals surface area contributed by atoms with E-state index in [2.05, 4.69) is 17.4 Å². The molecule has 0 aromatic rings. The maximum Gasteiger partial charge on any atom is 0.364 e. The minimum absolute atomic E-state index is 0. The summed E-state index contributed by atoms with van der Waals surface area (Å²) in [6.45, 7) is 2.73. The zero-order chi connectivity index (χ0) is 25.6. The minimum Gasteiger partial charge on any atom is -1.00 e. The molecule has 0 aliphatic rings. The lowest BCUT2D eigenvalue weighted by molar-refractivity contribution is -0.409. The molecule has 0 aliphatic heterocycles. The van der Waals surface area contributed by atoms with Crippen molar-refractivity contribution in [2.75, 3.05) is 40.0 Å². The molecular weight excluding hydrogens is 476 g/mol. The van der Waals surface area contributed by atoms with E-state index in [0.29, 0.717) is 19.4 Å². The standard InChI is InChI=1S/C25H50N2O7.ClH/c1-3-4-5-6-7-8-9-10-11-15-24(31)34-20-22(30)18-27(17-21(29)19-28)16-13-12-14-23(26)25(32)33-2;/h21-23,28-30H,3-20,26H2,1-2H3;1H. The Bertz CT molecular complexity index is 514. The number of nitrogens with zero attached hydrogens (tertiary/aromatic N) is 1. The molecule has 9 nitrogen and oxygen atoms in total. The van der Waals surface area contributed by atoms with Crippen LogP contribution in [0.15, 0.2) is 0 Å². The SMILES string of the molecule is CCCCCCCCCCCC(=O)OCC(O)CN(CCCCC([NH3+])C(=O)OC)CC(O)CO.[Cl-]. The molecular formula is C25H51ClN2O7. The predicted molar refractivity (Wildman–Crippen MR) is 131 cm³/mol. The Hall–Kier alpha value is -0.970. The Morgan fingerprint density at radius 3 is 2.03 bits per heavy atom. The van der Waals surface area contributed by atoms with Crippen LogP contribution in [-0.2, 0) is 19.1 Å². The molecule has 0 fully saturated rings. The second kappa shape index (κ2) is 24.7. The van der Waals surface area contributed by atoms with E-state index < -0.39 is 18.2 Å². The highest BCUT2D eigenvalue weighted by Gasteiger charge is 2.19. The van der Waals surface area contributed by atoms with Crippen LogP contribution in [0.2, 0.25) is 0 Å². The summed E-state index contributed by atoms with van der Waals surface area (Å²) >= 11 is 0. The molecule has 0 bridgehead atoms. The number of methoxy groups -OCH3 is 1. The monoisotopic (exact) mass is 526 g/mol. The van der Waals surface area contributed by atoms with Gasteiger partial charge in [-0.1, -0.05) is 58.3 Å². The number of hydrogen-bond donors (Lipinski definition) is 4.